The monoisotopic (exact) mass is 171 g/mol. The maximum atomic E-state index is 10.1. The maximum Gasteiger partial charge on any atom is 0.0414 e. The highest BCUT2D eigenvalue weighted by molar-refractivity contribution is 5.64. The summed E-state index contributed by atoms with van der Waals surface area (Å²) in [5.41, 5.74) is 0. The summed E-state index contributed by atoms with van der Waals surface area (Å²) in [4.78, 5) is 10.1. The van der Waals surface area contributed by atoms with Gasteiger partial charge in [0, 0.05) is 5.97 Å². The van der Waals surface area contributed by atoms with Gasteiger partial charge in [0.1, 0.15) is 0 Å². The van der Waals surface area contributed by atoms with Gasteiger partial charge in [-0.3, -0.25) is 0 Å². The molecule has 0 saturated heterocycles. The Labute approximate surface area is 75.0 Å². The van der Waals surface area contributed by atoms with Crippen LogP contribution in [0.5, 0.6) is 0 Å². The Balaban J connectivity index is 3.19. The minimum Gasteiger partial charge on any atom is -0.550 e. The molecule has 0 fully saturated rings. The van der Waals surface area contributed by atoms with E-state index in [0.29, 0.717) is 5.92 Å². The molecule has 0 aromatic rings. The molecular formula is C10H19O2-. The molecule has 12 heavy (non-hydrogen) atoms. The molecule has 72 valence electrons. The first-order chi connectivity index (χ1) is 5.66. The van der Waals surface area contributed by atoms with Gasteiger partial charge in [-0.25, -0.2) is 0 Å². The van der Waals surface area contributed by atoms with Crippen LogP contribution in [0.15, 0.2) is 0 Å². The number of rotatable bonds is 7. The number of carbonyl (C=O) groups is 1. The molecule has 0 aliphatic carbocycles. The average Bonchev–Trinajstić information content (AvgIpc) is 2.00. The highest BCUT2D eigenvalue weighted by Crippen LogP contribution is 2.14. The predicted molar refractivity (Wildman–Crippen MR) is 47.5 cm³/mol. The highest BCUT2D eigenvalue weighted by atomic mass is 16.4. The maximum absolute atomic E-state index is 10.1. The Morgan fingerprint density at radius 1 is 1.33 bits per heavy atom. The quantitative estimate of drug-likeness (QED) is 0.585. The number of carboxylic acid groups (broad SMARTS) is 1. The Kier molecular flexibility index (Phi) is 6.82. The smallest absolute Gasteiger partial charge is 0.0414 e. The van der Waals surface area contributed by atoms with Crippen LogP contribution in [0.25, 0.3) is 0 Å². The fourth-order valence-electron chi connectivity index (χ4n) is 1.29. The van der Waals surface area contributed by atoms with Crippen molar-refractivity contribution in [2.45, 2.75) is 52.4 Å². The molecule has 0 aliphatic heterocycles. The van der Waals surface area contributed by atoms with Crippen LogP contribution in [-0.4, -0.2) is 5.97 Å². The van der Waals surface area contributed by atoms with Gasteiger partial charge >= 0.3 is 0 Å². The fraction of sp³-hybridized carbons (Fsp3) is 0.900. The third kappa shape index (κ3) is 7.58. The summed E-state index contributed by atoms with van der Waals surface area (Å²) in [5, 5.41) is 10.1. The summed E-state index contributed by atoms with van der Waals surface area (Å²) in [6.07, 6.45) is 5.72. The van der Waals surface area contributed by atoms with E-state index in [-0.39, 0.29) is 6.42 Å². The summed E-state index contributed by atoms with van der Waals surface area (Å²) < 4.78 is 0. The van der Waals surface area contributed by atoms with Crippen molar-refractivity contribution in [2.24, 2.45) is 5.92 Å². The van der Waals surface area contributed by atoms with Crippen LogP contribution >= 0.6 is 0 Å². The van der Waals surface area contributed by atoms with Crippen LogP contribution in [0, 0.1) is 5.92 Å². The van der Waals surface area contributed by atoms with Crippen molar-refractivity contribution in [1.29, 1.82) is 0 Å². The highest BCUT2D eigenvalue weighted by Gasteiger charge is 2.00. The van der Waals surface area contributed by atoms with E-state index in [1.54, 1.807) is 0 Å². The minimum atomic E-state index is -0.919. The molecule has 0 N–H and O–H groups in total. The molecule has 1 atom stereocenters. The van der Waals surface area contributed by atoms with Crippen LogP contribution in [0.1, 0.15) is 52.4 Å². The van der Waals surface area contributed by atoms with E-state index >= 15 is 0 Å². The Morgan fingerprint density at radius 2 is 1.92 bits per heavy atom. The van der Waals surface area contributed by atoms with E-state index in [4.69, 9.17) is 0 Å². The molecule has 0 saturated carbocycles. The number of hydrogen-bond acceptors (Lipinski definition) is 2. The first-order valence-electron chi connectivity index (χ1n) is 4.86. The van der Waals surface area contributed by atoms with Gasteiger partial charge in [-0.15, -0.1) is 0 Å². The molecule has 0 bridgehead atoms. The third-order valence-electron chi connectivity index (χ3n) is 2.13. The van der Waals surface area contributed by atoms with Crippen molar-refractivity contribution in [3.8, 4) is 0 Å². The summed E-state index contributed by atoms with van der Waals surface area (Å²) in [6, 6.07) is 0. The molecule has 0 rings (SSSR count). The number of carbonyl (C=O) groups excluding carboxylic acids is 1. The van der Waals surface area contributed by atoms with E-state index in [1.807, 2.05) is 0 Å². The second-order valence-electron chi connectivity index (χ2n) is 3.51. The number of carboxylic acids is 1. The van der Waals surface area contributed by atoms with Crippen LogP contribution in [-0.2, 0) is 4.79 Å². The number of hydrogen-bond donors (Lipinski definition) is 0. The molecule has 0 spiro atoms. The van der Waals surface area contributed by atoms with Crippen LogP contribution in [0.4, 0.5) is 0 Å². The van der Waals surface area contributed by atoms with Crippen molar-refractivity contribution < 1.29 is 9.90 Å². The lowest BCUT2D eigenvalue weighted by molar-refractivity contribution is -0.305. The van der Waals surface area contributed by atoms with Crippen LogP contribution < -0.4 is 5.11 Å². The Morgan fingerprint density at radius 3 is 2.42 bits per heavy atom. The average molecular weight is 171 g/mol. The van der Waals surface area contributed by atoms with E-state index in [0.717, 1.165) is 12.8 Å². The third-order valence-corrected chi connectivity index (χ3v) is 2.13. The molecule has 0 aromatic heterocycles. The van der Waals surface area contributed by atoms with E-state index in [9.17, 15) is 9.90 Å². The molecule has 0 aromatic carbocycles. The second kappa shape index (κ2) is 7.14. The largest absolute Gasteiger partial charge is 0.550 e. The van der Waals surface area contributed by atoms with Gasteiger partial charge in [0.15, 0.2) is 0 Å². The molecular weight excluding hydrogens is 152 g/mol. The fourth-order valence-corrected chi connectivity index (χ4v) is 1.29. The Bertz CT molecular complexity index is 121. The summed E-state index contributed by atoms with van der Waals surface area (Å²) in [7, 11) is 0. The minimum absolute atomic E-state index is 0.219. The van der Waals surface area contributed by atoms with Crippen molar-refractivity contribution >= 4 is 5.97 Å². The zero-order chi connectivity index (χ0) is 9.40. The molecule has 1 unspecified atom stereocenters. The molecule has 0 radical (unpaired) electrons. The number of aliphatic carboxylic acids is 1. The van der Waals surface area contributed by atoms with Crippen LogP contribution in [0.2, 0.25) is 0 Å². The van der Waals surface area contributed by atoms with E-state index in [2.05, 4.69) is 13.8 Å². The lowest BCUT2D eigenvalue weighted by Gasteiger charge is -2.10. The molecule has 2 nitrogen and oxygen atoms in total. The van der Waals surface area contributed by atoms with Gasteiger partial charge < -0.3 is 9.90 Å². The van der Waals surface area contributed by atoms with E-state index in [1.165, 1.54) is 19.3 Å². The first-order valence-corrected chi connectivity index (χ1v) is 4.86. The van der Waals surface area contributed by atoms with Gasteiger partial charge in [0.05, 0.1) is 0 Å². The lowest BCUT2D eigenvalue weighted by atomic mass is 9.98. The summed E-state index contributed by atoms with van der Waals surface area (Å²) >= 11 is 0. The van der Waals surface area contributed by atoms with Gasteiger partial charge in [0.2, 0.25) is 0 Å². The standard InChI is InChI=1S/C10H20O2/c1-3-4-6-9(2)7-5-8-10(11)12/h9H,3-8H2,1-2H3,(H,11,12)/p-1. The molecule has 0 amide bonds. The van der Waals surface area contributed by atoms with Crippen molar-refractivity contribution in [1.82, 2.24) is 0 Å². The van der Waals surface area contributed by atoms with Gasteiger partial charge in [-0.05, 0) is 18.8 Å². The normalized spacial score (nSPS) is 12.8. The topological polar surface area (TPSA) is 40.1 Å². The van der Waals surface area contributed by atoms with Crippen molar-refractivity contribution in [3.63, 3.8) is 0 Å². The van der Waals surface area contributed by atoms with Crippen molar-refractivity contribution in [3.05, 3.63) is 0 Å². The van der Waals surface area contributed by atoms with Gasteiger partial charge in [-0.1, -0.05) is 39.5 Å². The first kappa shape index (κ1) is 11.5. The second-order valence-corrected chi connectivity index (χ2v) is 3.51. The zero-order valence-corrected chi connectivity index (χ0v) is 8.14. The van der Waals surface area contributed by atoms with Gasteiger partial charge in [0.25, 0.3) is 0 Å². The summed E-state index contributed by atoms with van der Waals surface area (Å²) in [5.74, 6) is -0.248. The van der Waals surface area contributed by atoms with Crippen molar-refractivity contribution in [2.75, 3.05) is 0 Å². The SMILES string of the molecule is CCCCC(C)CCCC(=O)[O-]. The molecule has 2 heteroatoms. The molecule has 0 heterocycles. The van der Waals surface area contributed by atoms with E-state index < -0.39 is 5.97 Å². The Hall–Kier alpha value is -0.530. The molecule has 0 aliphatic rings. The predicted octanol–water partition coefficient (Wildman–Crippen LogP) is 1.73. The summed E-state index contributed by atoms with van der Waals surface area (Å²) in [6.45, 7) is 4.36. The van der Waals surface area contributed by atoms with Gasteiger partial charge in [-0.2, -0.15) is 0 Å². The lowest BCUT2D eigenvalue weighted by Crippen LogP contribution is -2.21. The zero-order valence-electron chi connectivity index (χ0n) is 8.14. The van der Waals surface area contributed by atoms with Crippen LogP contribution in [0.3, 0.4) is 0 Å². The number of unbranched alkanes of at least 4 members (excludes halogenated alkanes) is 1.